The highest BCUT2D eigenvalue weighted by molar-refractivity contribution is 8.00. The molecule has 10 heteroatoms. The Morgan fingerprint density at radius 2 is 1.61 bits per heavy atom. The van der Waals surface area contributed by atoms with E-state index in [4.69, 9.17) is 4.74 Å². The van der Waals surface area contributed by atoms with Gasteiger partial charge >= 0.3 is 5.97 Å². The van der Waals surface area contributed by atoms with Gasteiger partial charge in [-0.1, -0.05) is 19.4 Å². The molecule has 0 unspecified atom stereocenters. The number of nitro benzene ring substituents is 1. The van der Waals surface area contributed by atoms with E-state index < -0.39 is 16.8 Å². The zero-order valence-corrected chi connectivity index (χ0v) is 20.4. The van der Waals surface area contributed by atoms with E-state index in [0.29, 0.717) is 29.1 Å². The molecule has 0 spiro atoms. The fourth-order valence-corrected chi connectivity index (χ4v) is 3.78. The second-order valence-electron chi connectivity index (χ2n) is 7.69. The molecule has 3 rings (SSSR count). The number of carbonyl (C=O) groups excluding carboxylic acids is 3. The second-order valence-corrected chi connectivity index (χ2v) is 8.74. The number of amides is 2. The van der Waals surface area contributed by atoms with Crippen LogP contribution in [0.1, 0.15) is 40.5 Å². The molecule has 3 aromatic rings. The van der Waals surface area contributed by atoms with Gasteiger partial charge in [-0.15, -0.1) is 11.8 Å². The van der Waals surface area contributed by atoms with Crippen LogP contribution in [0.25, 0.3) is 0 Å². The number of unbranched alkanes of at least 4 members (excludes halogenated alkanes) is 1. The van der Waals surface area contributed by atoms with Gasteiger partial charge in [0.25, 0.3) is 11.6 Å². The fraction of sp³-hybridized carbons (Fsp3) is 0.192. The van der Waals surface area contributed by atoms with Gasteiger partial charge in [0.2, 0.25) is 5.91 Å². The van der Waals surface area contributed by atoms with Crippen LogP contribution < -0.4 is 10.6 Å². The van der Waals surface area contributed by atoms with E-state index >= 15 is 0 Å². The molecule has 9 nitrogen and oxygen atoms in total. The predicted molar refractivity (Wildman–Crippen MR) is 138 cm³/mol. The minimum absolute atomic E-state index is 0.0934. The summed E-state index contributed by atoms with van der Waals surface area (Å²) in [5.41, 5.74) is 1.72. The number of nitro groups is 1. The summed E-state index contributed by atoms with van der Waals surface area (Å²) in [7, 11) is 0. The number of benzene rings is 3. The zero-order chi connectivity index (χ0) is 25.9. The van der Waals surface area contributed by atoms with E-state index in [1.807, 2.05) is 13.0 Å². The van der Waals surface area contributed by atoms with E-state index in [9.17, 15) is 24.5 Å². The van der Waals surface area contributed by atoms with Crippen molar-refractivity contribution in [2.24, 2.45) is 0 Å². The molecule has 0 heterocycles. The quantitative estimate of drug-likeness (QED) is 0.115. The van der Waals surface area contributed by atoms with E-state index in [0.717, 1.165) is 17.7 Å². The number of carbonyl (C=O) groups is 3. The lowest BCUT2D eigenvalue weighted by Gasteiger charge is -2.09. The summed E-state index contributed by atoms with van der Waals surface area (Å²) in [4.78, 5) is 47.8. The molecule has 0 bridgehead atoms. The molecule has 0 aliphatic heterocycles. The minimum atomic E-state index is -0.529. The third-order valence-corrected chi connectivity index (χ3v) is 5.93. The number of hydrogen-bond acceptors (Lipinski definition) is 7. The van der Waals surface area contributed by atoms with Crippen LogP contribution in [-0.4, -0.2) is 35.1 Å². The molecule has 2 N–H and O–H groups in total. The van der Waals surface area contributed by atoms with Crippen LogP contribution in [-0.2, 0) is 9.53 Å². The second kappa shape index (κ2) is 13.1. The van der Waals surface area contributed by atoms with E-state index in [2.05, 4.69) is 10.6 Å². The summed E-state index contributed by atoms with van der Waals surface area (Å²) in [6, 6.07) is 18.8. The van der Waals surface area contributed by atoms with Gasteiger partial charge in [-0.3, -0.25) is 19.7 Å². The van der Waals surface area contributed by atoms with E-state index in [1.54, 1.807) is 42.5 Å². The minimum Gasteiger partial charge on any atom is -0.462 e. The maximum Gasteiger partial charge on any atom is 0.338 e. The van der Waals surface area contributed by atoms with Crippen molar-refractivity contribution in [1.29, 1.82) is 0 Å². The number of hydrogen-bond donors (Lipinski definition) is 2. The van der Waals surface area contributed by atoms with Gasteiger partial charge in [0.1, 0.15) is 0 Å². The number of nitrogens with one attached hydrogen (secondary N) is 2. The van der Waals surface area contributed by atoms with Crippen LogP contribution in [0.3, 0.4) is 0 Å². The Hall–Kier alpha value is -4.18. The van der Waals surface area contributed by atoms with Crippen LogP contribution in [0, 0.1) is 10.1 Å². The van der Waals surface area contributed by atoms with Crippen molar-refractivity contribution in [3.05, 3.63) is 94.0 Å². The average molecular weight is 508 g/mol. The molecule has 0 atom stereocenters. The third kappa shape index (κ3) is 7.95. The van der Waals surface area contributed by atoms with Crippen molar-refractivity contribution >= 4 is 46.6 Å². The van der Waals surface area contributed by atoms with Crippen molar-refractivity contribution in [2.75, 3.05) is 23.0 Å². The summed E-state index contributed by atoms with van der Waals surface area (Å²) < 4.78 is 5.17. The van der Waals surface area contributed by atoms with Gasteiger partial charge in [-0.05, 0) is 61.0 Å². The maximum absolute atomic E-state index is 12.4. The topological polar surface area (TPSA) is 128 Å². The molecule has 3 aromatic carbocycles. The lowest BCUT2D eigenvalue weighted by atomic mass is 10.2. The Balaban J connectivity index is 1.49. The van der Waals surface area contributed by atoms with Gasteiger partial charge < -0.3 is 15.4 Å². The molecule has 0 fully saturated rings. The van der Waals surface area contributed by atoms with Crippen LogP contribution in [0.4, 0.5) is 17.1 Å². The summed E-state index contributed by atoms with van der Waals surface area (Å²) in [6.45, 7) is 2.40. The normalized spacial score (nSPS) is 10.4. The molecule has 2 amide bonds. The van der Waals surface area contributed by atoms with E-state index in [-0.39, 0.29) is 17.3 Å². The Labute approximate surface area is 212 Å². The molecule has 186 valence electrons. The Morgan fingerprint density at radius 1 is 0.917 bits per heavy atom. The third-order valence-electron chi connectivity index (χ3n) is 4.94. The molecule has 0 aliphatic carbocycles. The molecule has 0 aliphatic rings. The number of esters is 1. The highest BCUT2D eigenvalue weighted by atomic mass is 32.2. The number of rotatable bonds is 11. The van der Waals surface area contributed by atoms with Crippen molar-refractivity contribution in [3.63, 3.8) is 0 Å². The van der Waals surface area contributed by atoms with Crippen LogP contribution >= 0.6 is 11.8 Å². The average Bonchev–Trinajstić information content (AvgIpc) is 2.88. The summed E-state index contributed by atoms with van der Waals surface area (Å²) in [5.74, 6) is -0.876. The summed E-state index contributed by atoms with van der Waals surface area (Å²) in [5, 5.41) is 16.3. The van der Waals surface area contributed by atoms with Gasteiger partial charge in [0, 0.05) is 34.0 Å². The first-order chi connectivity index (χ1) is 17.4. The SMILES string of the molecule is CCCCOC(=O)c1ccc(NC(=O)CSc2cccc(NC(=O)c3ccc([N+](=O)[O-])cc3)c2)cc1. The van der Waals surface area contributed by atoms with E-state index in [1.165, 1.54) is 36.0 Å². The lowest BCUT2D eigenvalue weighted by Crippen LogP contribution is -2.14. The number of non-ortho nitro benzene ring substituents is 1. The first-order valence-corrected chi connectivity index (χ1v) is 12.2. The molecule has 0 aromatic heterocycles. The Morgan fingerprint density at radius 3 is 2.28 bits per heavy atom. The first kappa shape index (κ1) is 26.4. The van der Waals surface area contributed by atoms with Gasteiger partial charge in [0.05, 0.1) is 22.8 Å². The van der Waals surface area contributed by atoms with Crippen LogP contribution in [0.2, 0.25) is 0 Å². The number of thioether (sulfide) groups is 1. The van der Waals surface area contributed by atoms with Crippen molar-refractivity contribution < 1.29 is 24.0 Å². The van der Waals surface area contributed by atoms with Crippen molar-refractivity contribution in [3.8, 4) is 0 Å². The van der Waals surface area contributed by atoms with Crippen LogP contribution in [0.15, 0.2) is 77.7 Å². The smallest absolute Gasteiger partial charge is 0.338 e. The Kier molecular flexibility index (Phi) is 9.58. The maximum atomic E-state index is 12.4. The molecule has 36 heavy (non-hydrogen) atoms. The molecule has 0 radical (unpaired) electrons. The highest BCUT2D eigenvalue weighted by Crippen LogP contribution is 2.23. The zero-order valence-electron chi connectivity index (χ0n) is 19.6. The van der Waals surface area contributed by atoms with Gasteiger partial charge in [0.15, 0.2) is 0 Å². The lowest BCUT2D eigenvalue weighted by molar-refractivity contribution is -0.384. The predicted octanol–water partition coefficient (Wildman–Crippen LogP) is 5.53. The summed E-state index contributed by atoms with van der Waals surface area (Å²) >= 11 is 1.30. The molecular formula is C26H25N3O6S. The molecule has 0 saturated carbocycles. The monoisotopic (exact) mass is 507 g/mol. The van der Waals surface area contributed by atoms with Gasteiger partial charge in [-0.25, -0.2) is 4.79 Å². The first-order valence-electron chi connectivity index (χ1n) is 11.2. The fourth-order valence-electron chi connectivity index (χ4n) is 3.03. The number of anilines is 2. The molecular weight excluding hydrogens is 482 g/mol. The Bertz CT molecular complexity index is 1230. The standard InChI is InChI=1S/C26H25N3O6S/c1-2-3-15-35-26(32)19-7-11-20(12-8-19)27-24(30)17-36-23-6-4-5-21(16-23)28-25(31)18-9-13-22(14-10-18)29(33)34/h4-14,16H,2-3,15,17H2,1H3,(H,27,30)(H,28,31). The van der Waals surface area contributed by atoms with Gasteiger partial charge in [-0.2, -0.15) is 0 Å². The summed E-state index contributed by atoms with van der Waals surface area (Å²) in [6.07, 6.45) is 1.75. The number of nitrogens with zero attached hydrogens (tertiary/aromatic N) is 1. The molecule has 0 saturated heterocycles. The van der Waals surface area contributed by atoms with Crippen molar-refractivity contribution in [2.45, 2.75) is 24.7 Å². The number of ether oxygens (including phenoxy) is 1. The highest BCUT2D eigenvalue weighted by Gasteiger charge is 2.11. The van der Waals surface area contributed by atoms with Crippen molar-refractivity contribution in [1.82, 2.24) is 0 Å². The van der Waals surface area contributed by atoms with Crippen LogP contribution in [0.5, 0.6) is 0 Å². The largest absolute Gasteiger partial charge is 0.462 e.